The molecule has 20 heavy (non-hydrogen) atoms. The van der Waals surface area contributed by atoms with Gasteiger partial charge in [0.2, 0.25) is 10.0 Å². The number of sulfonamides is 1. The molecule has 1 aromatic carbocycles. The van der Waals surface area contributed by atoms with Gasteiger partial charge in [-0.3, -0.25) is 0 Å². The predicted molar refractivity (Wildman–Crippen MR) is 82.0 cm³/mol. The number of halogens is 1. The highest BCUT2D eigenvalue weighted by molar-refractivity contribution is 9.10. The SMILES string of the molecule is Cc1cc(CO)cc(S(=O)(=O)NC2(C)CCCC2)c1Br. The van der Waals surface area contributed by atoms with E-state index < -0.39 is 10.0 Å². The molecule has 0 aromatic heterocycles. The van der Waals surface area contributed by atoms with Gasteiger partial charge in [-0.2, -0.15) is 0 Å². The molecule has 1 aliphatic rings. The fourth-order valence-corrected chi connectivity index (χ4v) is 5.27. The van der Waals surface area contributed by atoms with Crippen LogP contribution in [-0.4, -0.2) is 19.1 Å². The summed E-state index contributed by atoms with van der Waals surface area (Å²) in [5.41, 5.74) is 1.04. The number of nitrogens with one attached hydrogen (secondary N) is 1. The Morgan fingerprint density at radius 1 is 1.35 bits per heavy atom. The molecule has 2 N–H and O–H groups in total. The summed E-state index contributed by atoms with van der Waals surface area (Å²) < 4.78 is 28.6. The minimum Gasteiger partial charge on any atom is -0.392 e. The highest BCUT2D eigenvalue weighted by Gasteiger charge is 2.34. The molecule has 0 saturated heterocycles. The monoisotopic (exact) mass is 361 g/mol. The van der Waals surface area contributed by atoms with Crippen molar-refractivity contribution < 1.29 is 13.5 Å². The van der Waals surface area contributed by atoms with E-state index in [1.807, 2.05) is 13.8 Å². The van der Waals surface area contributed by atoms with Gasteiger partial charge in [0.05, 0.1) is 11.5 Å². The Balaban J connectivity index is 2.41. The van der Waals surface area contributed by atoms with Crippen LogP contribution in [0.15, 0.2) is 21.5 Å². The van der Waals surface area contributed by atoms with Crippen LogP contribution in [0.3, 0.4) is 0 Å². The van der Waals surface area contributed by atoms with E-state index >= 15 is 0 Å². The van der Waals surface area contributed by atoms with Gasteiger partial charge in [-0.15, -0.1) is 0 Å². The maximum atomic E-state index is 12.6. The third kappa shape index (κ3) is 3.24. The van der Waals surface area contributed by atoms with Crippen molar-refractivity contribution in [3.63, 3.8) is 0 Å². The summed E-state index contributed by atoms with van der Waals surface area (Å²) in [5.74, 6) is 0. The van der Waals surface area contributed by atoms with Crippen molar-refractivity contribution >= 4 is 26.0 Å². The molecule has 0 radical (unpaired) electrons. The Hall–Kier alpha value is -0.430. The summed E-state index contributed by atoms with van der Waals surface area (Å²) >= 11 is 3.35. The van der Waals surface area contributed by atoms with E-state index in [9.17, 15) is 13.5 Å². The Morgan fingerprint density at radius 2 is 1.95 bits per heavy atom. The molecule has 0 heterocycles. The molecule has 0 aliphatic heterocycles. The standard InChI is InChI=1S/C14H20BrNO3S/c1-10-7-11(9-17)8-12(13(10)15)20(18,19)16-14(2)5-3-4-6-14/h7-8,16-17H,3-6,9H2,1-2H3. The lowest BCUT2D eigenvalue weighted by atomic mass is 10.0. The Kier molecular flexibility index (Phi) is 4.59. The summed E-state index contributed by atoms with van der Waals surface area (Å²) in [4.78, 5) is 0.203. The van der Waals surface area contributed by atoms with E-state index in [0.29, 0.717) is 10.0 Å². The van der Waals surface area contributed by atoms with Gasteiger partial charge < -0.3 is 5.11 Å². The Morgan fingerprint density at radius 3 is 2.50 bits per heavy atom. The Bertz CT molecular complexity index is 607. The minimum absolute atomic E-state index is 0.173. The molecule has 1 aliphatic carbocycles. The minimum atomic E-state index is -3.60. The first-order chi connectivity index (χ1) is 9.27. The zero-order valence-electron chi connectivity index (χ0n) is 11.7. The molecule has 2 rings (SSSR count). The summed E-state index contributed by atoms with van der Waals surface area (Å²) in [6.45, 7) is 3.60. The molecule has 0 unspecified atom stereocenters. The summed E-state index contributed by atoms with van der Waals surface area (Å²) in [6, 6.07) is 3.30. The normalized spacial score (nSPS) is 18.4. The van der Waals surface area contributed by atoms with Crippen molar-refractivity contribution in [2.24, 2.45) is 0 Å². The van der Waals surface area contributed by atoms with Gasteiger partial charge >= 0.3 is 0 Å². The fraction of sp³-hybridized carbons (Fsp3) is 0.571. The van der Waals surface area contributed by atoms with Crippen LogP contribution in [0.1, 0.15) is 43.7 Å². The van der Waals surface area contributed by atoms with Crippen LogP contribution in [0.4, 0.5) is 0 Å². The summed E-state index contributed by atoms with van der Waals surface area (Å²) in [6.07, 6.45) is 3.83. The lowest BCUT2D eigenvalue weighted by Crippen LogP contribution is -2.43. The van der Waals surface area contributed by atoms with Gasteiger partial charge in [0.25, 0.3) is 0 Å². The van der Waals surface area contributed by atoms with Crippen LogP contribution in [0.25, 0.3) is 0 Å². The Labute approximate surface area is 128 Å². The molecule has 112 valence electrons. The van der Waals surface area contributed by atoms with Crippen molar-refractivity contribution in [2.45, 2.75) is 56.6 Å². The van der Waals surface area contributed by atoms with E-state index in [-0.39, 0.29) is 17.0 Å². The fourth-order valence-electron chi connectivity index (χ4n) is 2.73. The zero-order chi connectivity index (χ0) is 15.0. The van der Waals surface area contributed by atoms with Gasteiger partial charge in [-0.05, 0) is 59.8 Å². The number of hydrogen-bond acceptors (Lipinski definition) is 3. The molecule has 0 spiro atoms. The van der Waals surface area contributed by atoms with Crippen LogP contribution in [-0.2, 0) is 16.6 Å². The molecule has 6 heteroatoms. The van der Waals surface area contributed by atoms with Gasteiger partial charge in [0.15, 0.2) is 0 Å². The zero-order valence-corrected chi connectivity index (χ0v) is 14.1. The number of aliphatic hydroxyl groups excluding tert-OH is 1. The number of aliphatic hydroxyl groups is 1. The summed E-state index contributed by atoms with van der Waals surface area (Å²) in [5, 5.41) is 9.25. The van der Waals surface area contributed by atoms with Crippen molar-refractivity contribution in [1.29, 1.82) is 0 Å². The quantitative estimate of drug-likeness (QED) is 0.866. The van der Waals surface area contributed by atoms with E-state index in [0.717, 1.165) is 31.2 Å². The largest absolute Gasteiger partial charge is 0.392 e. The maximum absolute atomic E-state index is 12.6. The molecule has 4 nitrogen and oxygen atoms in total. The molecule has 1 fully saturated rings. The molecule has 0 atom stereocenters. The molecule has 1 aromatic rings. The first-order valence-electron chi connectivity index (χ1n) is 6.71. The molecular weight excluding hydrogens is 342 g/mol. The van der Waals surface area contributed by atoms with E-state index in [1.54, 1.807) is 6.07 Å². The van der Waals surface area contributed by atoms with Crippen molar-refractivity contribution in [3.8, 4) is 0 Å². The first-order valence-corrected chi connectivity index (χ1v) is 8.99. The third-order valence-corrected chi connectivity index (χ3v) is 6.82. The van der Waals surface area contributed by atoms with Crippen molar-refractivity contribution in [1.82, 2.24) is 4.72 Å². The molecular formula is C14H20BrNO3S. The number of aryl methyl sites for hydroxylation is 1. The second-order valence-corrected chi connectivity index (χ2v) is 8.20. The van der Waals surface area contributed by atoms with Crippen LogP contribution in [0.2, 0.25) is 0 Å². The second kappa shape index (κ2) is 5.75. The topological polar surface area (TPSA) is 66.4 Å². The molecule has 0 bridgehead atoms. The van der Waals surface area contributed by atoms with Gasteiger partial charge in [0, 0.05) is 10.0 Å². The number of rotatable bonds is 4. The average molecular weight is 362 g/mol. The lowest BCUT2D eigenvalue weighted by molar-refractivity contribution is 0.281. The van der Waals surface area contributed by atoms with Crippen LogP contribution in [0, 0.1) is 6.92 Å². The number of hydrogen-bond donors (Lipinski definition) is 2. The van der Waals surface area contributed by atoms with Gasteiger partial charge in [-0.1, -0.05) is 18.9 Å². The van der Waals surface area contributed by atoms with E-state index in [2.05, 4.69) is 20.7 Å². The van der Waals surface area contributed by atoms with Crippen LogP contribution < -0.4 is 4.72 Å². The van der Waals surface area contributed by atoms with Crippen molar-refractivity contribution in [3.05, 3.63) is 27.7 Å². The maximum Gasteiger partial charge on any atom is 0.242 e. The van der Waals surface area contributed by atoms with Gasteiger partial charge in [-0.25, -0.2) is 13.1 Å². The highest BCUT2D eigenvalue weighted by Crippen LogP contribution is 2.33. The van der Waals surface area contributed by atoms with E-state index in [4.69, 9.17) is 0 Å². The number of benzene rings is 1. The van der Waals surface area contributed by atoms with E-state index in [1.165, 1.54) is 6.07 Å². The highest BCUT2D eigenvalue weighted by atomic mass is 79.9. The van der Waals surface area contributed by atoms with Gasteiger partial charge in [0.1, 0.15) is 0 Å². The summed E-state index contributed by atoms with van der Waals surface area (Å²) in [7, 11) is -3.60. The van der Waals surface area contributed by atoms with Crippen LogP contribution in [0.5, 0.6) is 0 Å². The second-order valence-electron chi connectivity index (χ2n) is 5.76. The van der Waals surface area contributed by atoms with Crippen LogP contribution >= 0.6 is 15.9 Å². The van der Waals surface area contributed by atoms with Crippen molar-refractivity contribution in [2.75, 3.05) is 0 Å². The first kappa shape index (κ1) is 15.9. The molecule has 0 amide bonds. The lowest BCUT2D eigenvalue weighted by Gasteiger charge is -2.25. The average Bonchev–Trinajstić information content (AvgIpc) is 2.77. The third-order valence-electron chi connectivity index (χ3n) is 3.84. The smallest absolute Gasteiger partial charge is 0.242 e. The predicted octanol–water partition coefficient (Wildman–Crippen LogP) is 2.86. The molecule has 1 saturated carbocycles.